The van der Waals surface area contributed by atoms with Gasteiger partial charge in [-0.2, -0.15) is 0 Å². The van der Waals surface area contributed by atoms with Crippen LogP contribution < -0.4 is 9.46 Å². The number of carbonyl (C=O) groups excluding carboxylic acids is 1. The lowest BCUT2D eigenvalue weighted by atomic mass is 9.79. The maximum atomic E-state index is 14.4. The van der Waals surface area contributed by atoms with E-state index in [9.17, 15) is 13.2 Å². The quantitative estimate of drug-likeness (QED) is 0.144. The summed E-state index contributed by atoms with van der Waals surface area (Å²) in [5, 5.41) is 0. The summed E-state index contributed by atoms with van der Waals surface area (Å²) in [5.41, 5.74) is 2.92. The molecule has 5 aromatic rings. The lowest BCUT2D eigenvalue weighted by molar-refractivity contribution is -0.151. The molecule has 8 nitrogen and oxygen atoms in total. The Hall–Kier alpha value is -5.41. The number of hydrogen-bond donors (Lipinski definition) is 1. The summed E-state index contributed by atoms with van der Waals surface area (Å²) in [6.45, 7) is 2.40. The second kappa shape index (κ2) is 14.1. The van der Waals surface area contributed by atoms with Crippen molar-refractivity contribution in [3.8, 4) is 5.75 Å². The van der Waals surface area contributed by atoms with E-state index in [-0.39, 0.29) is 12.4 Å². The molecule has 0 radical (unpaired) electrons. The van der Waals surface area contributed by atoms with Gasteiger partial charge in [-0.25, -0.2) is 18.2 Å². The fourth-order valence-electron chi connectivity index (χ4n) is 6.15. The maximum Gasteiger partial charge on any atom is 0.341 e. The van der Waals surface area contributed by atoms with Gasteiger partial charge in [0.05, 0.1) is 25.5 Å². The molecule has 9 heteroatoms. The lowest BCUT2D eigenvalue weighted by Gasteiger charge is -2.37. The van der Waals surface area contributed by atoms with E-state index in [2.05, 4.69) is 9.62 Å². The summed E-state index contributed by atoms with van der Waals surface area (Å²) in [5.74, 6) is 0.697. The molecule has 0 unspecified atom stereocenters. The summed E-state index contributed by atoms with van der Waals surface area (Å²) in [6.07, 6.45) is 0. The van der Waals surface area contributed by atoms with Gasteiger partial charge in [-0.05, 0) is 65.6 Å². The highest BCUT2D eigenvalue weighted by Gasteiger charge is 2.57. The number of ether oxygens (including phenoxy) is 2. The molecule has 48 heavy (non-hydrogen) atoms. The van der Waals surface area contributed by atoms with Crippen LogP contribution in [0.25, 0.3) is 0 Å². The van der Waals surface area contributed by atoms with Crippen molar-refractivity contribution >= 4 is 27.5 Å². The average molecular weight is 660 g/mol. The molecule has 2 atom stereocenters. The fraction of sp³-hybridized carbons (Fsp3) is 0.179. The number of carbonyl (C=O) groups is 1. The first-order valence-electron chi connectivity index (χ1n) is 15.7. The zero-order chi connectivity index (χ0) is 33.6. The van der Waals surface area contributed by atoms with Crippen LogP contribution in [-0.4, -0.2) is 38.8 Å². The van der Waals surface area contributed by atoms with Crippen LogP contribution in [0.15, 0.2) is 145 Å². The maximum absolute atomic E-state index is 14.4. The van der Waals surface area contributed by atoms with Crippen molar-refractivity contribution in [1.29, 1.82) is 0 Å². The van der Waals surface area contributed by atoms with E-state index in [0.717, 1.165) is 16.7 Å². The Bertz CT molecular complexity index is 1970. The number of hydrogen-bond acceptors (Lipinski definition) is 7. The van der Waals surface area contributed by atoms with Crippen molar-refractivity contribution < 1.29 is 22.7 Å². The summed E-state index contributed by atoms with van der Waals surface area (Å²) < 4.78 is 40.1. The van der Waals surface area contributed by atoms with E-state index in [4.69, 9.17) is 14.5 Å². The highest BCUT2D eigenvalue weighted by atomic mass is 32.2. The SMILES string of the molecule is CCOC(=O)[C@]1(c2ccccc2)N=C(c2ccc(OC)cc2)N(Cc2ccccc2)[C@@H]1c1ccc(NS(=O)(=O)Cc2ccccc2)cc1. The molecule has 0 aromatic heterocycles. The van der Waals surface area contributed by atoms with Crippen molar-refractivity contribution in [3.63, 3.8) is 0 Å². The van der Waals surface area contributed by atoms with Crippen LogP contribution in [-0.2, 0) is 37.4 Å². The smallest absolute Gasteiger partial charge is 0.341 e. The first kappa shape index (κ1) is 32.5. The first-order chi connectivity index (χ1) is 23.3. The predicted octanol–water partition coefficient (Wildman–Crippen LogP) is 7.10. The number of nitrogens with one attached hydrogen (secondary N) is 1. The van der Waals surface area contributed by atoms with E-state index in [1.165, 1.54) is 0 Å². The summed E-state index contributed by atoms with van der Waals surface area (Å²) >= 11 is 0. The van der Waals surface area contributed by atoms with Gasteiger partial charge in [0.15, 0.2) is 0 Å². The van der Waals surface area contributed by atoms with Crippen LogP contribution >= 0.6 is 0 Å². The van der Waals surface area contributed by atoms with Crippen LogP contribution in [0.2, 0.25) is 0 Å². The van der Waals surface area contributed by atoms with Gasteiger partial charge in [-0.15, -0.1) is 0 Å². The van der Waals surface area contributed by atoms with Gasteiger partial charge in [0, 0.05) is 17.8 Å². The van der Waals surface area contributed by atoms with Crippen molar-refractivity contribution in [2.45, 2.75) is 30.8 Å². The normalized spacial score (nSPS) is 17.4. The number of rotatable bonds is 12. The zero-order valence-corrected chi connectivity index (χ0v) is 27.6. The molecule has 1 aliphatic rings. The Morgan fingerprint density at radius 1 is 0.792 bits per heavy atom. The van der Waals surface area contributed by atoms with E-state index in [0.29, 0.717) is 34.9 Å². The van der Waals surface area contributed by atoms with E-state index in [1.807, 2.05) is 115 Å². The predicted molar refractivity (Wildman–Crippen MR) is 188 cm³/mol. The minimum atomic E-state index is -3.68. The summed E-state index contributed by atoms with van der Waals surface area (Å²) in [7, 11) is -2.06. The molecule has 0 saturated heterocycles. The summed E-state index contributed by atoms with van der Waals surface area (Å²) in [4.78, 5) is 21.8. The minimum absolute atomic E-state index is 0.151. The van der Waals surface area contributed by atoms with E-state index >= 15 is 0 Å². The highest BCUT2D eigenvalue weighted by molar-refractivity contribution is 7.91. The molecule has 0 aliphatic carbocycles. The van der Waals surface area contributed by atoms with Gasteiger partial charge in [0.1, 0.15) is 11.6 Å². The van der Waals surface area contributed by atoms with Crippen LogP contribution in [0, 0.1) is 0 Å². The molecule has 0 fully saturated rings. The van der Waals surface area contributed by atoms with Crippen LogP contribution in [0.5, 0.6) is 5.75 Å². The molecule has 5 aromatic carbocycles. The number of amidine groups is 1. The van der Waals surface area contributed by atoms with E-state index < -0.39 is 27.6 Å². The second-order valence-corrected chi connectivity index (χ2v) is 13.2. The third-order valence-corrected chi connectivity index (χ3v) is 9.57. The van der Waals surface area contributed by atoms with Crippen molar-refractivity contribution in [2.75, 3.05) is 18.4 Å². The number of anilines is 1. The van der Waals surface area contributed by atoms with Gasteiger partial charge in [0.2, 0.25) is 15.6 Å². The van der Waals surface area contributed by atoms with Gasteiger partial charge in [0.25, 0.3) is 0 Å². The average Bonchev–Trinajstić information content (AvgIpc) is 3.45. The summed E-state index contributed by atoms with van der Waals surface area (Å²) in [6, 6.07) is 42.7. The zero-order valence-electron chi connectivity index (χ0n) is 26.8. The highest BCUT2D eigenvalue weighted by Crippen LogP contribution is 2.50. The van der Waals surface area contributed by atoms with Crippen molar-refractivity contribution in [3.05, 3.63) is 167 Å². The molecular weight excluding hydrogens is 623 g/mol. The van der Waals surface area contributed by atoms with E-state index in [1.54, 1.807) is 38.3 Å². The number of benzene rings is 5. The minimum Gasteiger partial charge on any atom is -0.497 e. The van der Waals surface area contributed by atoms with Crippen molar-refractivity contribution in [1.82, 2.24) is 4.90 Å². The Morgan fingerprint density at radius 2 is 1.38 bits per heavy atom. The standard InChI is InChI=1S/C39H37N3O5S/c1-3-47-38(43)39(33-17-11-6-12-18-33)36(31-19-23-34(24-20-31)41-48(44,45)28-30-15-9-5-10-16-30)42(27-29-13-7-4-8-14-29)37(40-39)32-21-25-35(46-2)26-22-32/h4-26,36,41H,3,27-28H2,1-2H3/t36-,39-/m1/s1. The van der Waals surface area contributed by atoms with Gasteiger partial charge < -0.3 is 14.4 Å². The lowest BCUT2D eigenvalue weighted by Crippen LogP contribution is -2.44. The molecule has 0 spiro atoms. The topological polar surface area (TPSA) is 97.3 Å². The number of methoxy groups -OCH3 is 1. The Morgan fingerprint density at radius 3 is 1.96 bits per heavy atom. The van der Waals surface area contributed by atoms with Crippen LogP contribution in [0.4, 0.5) is 5.69 Å². The Kier molecular flexibility index (Phi) is 9.59. The molecule has 0 amide bonds. The third kappa shape index (κ3) is 6.82. The Labute approximate surface area is 281 Å². The molecule has 1 aliphatic heterocycles. The molecule has 0 saturated carbocycles. The third-order valence-electron chi connectivity index (χ3n) is 8.31. The van der Waals surface area contributed by atoms with Gasteiger partial charge in [-0.1, -0.05) is 103 Å². The molecule has 244 valence electrons. The number of nitrogens with zero attached hydrogens (tertiary/aromatic N) is 2. The fourth-order valence-corrected chi connectivity index (χ4v) is 7.35. The monoisotopic (exact) mass is 659 g/mol. The molecule has 1 heterocycles. The second-order valence-electron chi connectivity index (χ2n) is 11.5. The number of sulfonamides is 1. The molecule has 6 rings (SSSR count). The van der Waals surface area contributed by atoms with Crippen LogP contribution in [0.1, 0.15) is 40.8 Å². The first-order valence-corrected chi connectivity index (χ1v) is 17.4. The van der Waals surface area contributed by atoms with Crippen molar-refractivity contribution in [2.24, 2.45) is 4.99 Å². The molecular formula is C39H37N3O5S. The molecule has 1 N–H and O–H groups in total. The van der Waals surface area contributed by atoms with Gasteiger partial charge in [-0.3, -0.25) is 4.72 Å². The number of aliphatic imine (C=N–C) groups is 1. The molecule has 0 bridgehead atoms. The van der Waals surface area contributed by atoms with Gasteiger partial charge >= 0.3 is 5.97 Å². The number of esters is 1. The Balaban J connectivity index is 1.48. The van der Waals surface area contributed by atoms with Crippen LogP contribution in [0.3, 0.4) is 0 Å². The largest absolute Gasteiger partial charge is 0.497 e.